The third-order valence-corrected chi connectivity index (χ3v) is 5.57. The predicted molar refractivity (Wildman–Crippen MR) is 94.9 cm³/mol. The highest BCUT2D eigenvalue weighted by molar-refractivity contribution is 6.62. The fourth-order valence-corrected chi connectivity index (χ4v) is 3.09. The summed E-state index contributed by atoms with van der Waals surface area (Å²) in [7, 11) is 1.49. The van der Waals surface area contributed by atoms with Gasteiger partial charge in [-0.25, -0.2) is 4.39 Å². The summed E-state index contributed by atoms with van der Waals surface area (Å²) in [4.78, 5) is 4.68. The van der Waals surface area contributed by atoms with Gasteiger partial charge >= 0.3 is 7.12 Å². The van der Waals surface area contributed by atoms with Crippen molar-refractivity contribution < 1.29 is 13.7 Å². The van der Waals surface area contributed by atoms with Crippen molar-refractivity contribution in [3.63, 3.8) is 0 Å². The Hall–Kier alpha value is -0.945. The standard InChI is InChI=1S/C18H28BFN2O2/c1-17(2)18(3,4)24-19(23-17)15-7-6-14(12-16(15)20)13-22-10-8-21(5)9-11-22/h6-7,12H,8-11,13H2,1-5H3. The molecule has 2 fully saturated rings. The molecule has 3 rings (SSSR count). The number of hydrogen-bond donors (Lipinski definition) is 0. The van der Waals surface area contributed by atoms with E-state index in [1.54, 1.807) is 6.07 Å². The Morgan fingerprint density at radius 2 is 1.62 bits per heavy atom. The van der Waals surface area contributed by atoms with E-state index in [-0.39, 0.29) is 5.82 Å². The largest absolute Gasteiger partial charge is 0.497 e. The van der Waals surface area contributed by atoms with Gasteiger partial charge in [0.1, 0.15) is 5.82 Å². The van der Waals surface area contributed by atoms with Gasteiger partial charge in [0.15, 0.2) is 0 Å². The SMILES string of the molecule is CN1CCN(Cc2ccc(B3OC(C)(C)C(C)(C)O3)c(F)c2)CC1. The van der Waals surface area contributed by atoms with E-state index in [4.69, 9.17) is 9.31 Å². The van der Waals surface area contributed by atoms with Crippen LogP contribution in [0, 0.1) is 5.82 Å². The van der Waals surface area contributed by atoms with E-state index in [1.807, 2.05) is 39.8 Å². The molecule has 0 unspecified atom stereocenters. The van der Waals surface area contributed by atoms with Gasteiger partial charge in [-0.05, 0) is 46.4 Å². The molecule has 0 saturated carbocycles. The van der Waals surface area contributed by atoms with Crippen molar-refractivity contribution in [3.8, 4) is 0 Å². The van der Waals surface area contributed by atoms with Gasteiger partial charge < -0.3 is 14.2 Å². The van der Waals surface area contributed by atoms with E-state index >= 15 is 0 Å². The Balaban J connectivity index is 1.69. The molecule has 1 aromatic rings. The summed E-state index contributed by atoms with van der Waals surface area (Å²) >= 11 is 0. The highest BCUT2D eigenvalue weighted by atomic mass is 19.1. The van der Waals surface area contributed by atoms with Gasteiger partial charge in [-0.2, -0.15) is 0 Å². The normalized spacial score (nSPS) is 24.5. The minimum absolute atomic E-state index is 0.250. The number of benzene rings is 1. The predicted octanol–water partition coefficient (Wildman–Crippen LogP) is 1.87. The van der Waals surface area contributed by atoms with Crippen LogP contribution in [0.4, 0.5) is 4.39 Å². The molecule has 0 bridgehead atoms. The smallest absolute Gasteiger partial charge is 0.399 e. The van der Waals surface area contributed by atoms with Gasteiger partial charge in [-0.1, -0.05) is 12.1 Å². The zero-order valence-corrected chi connectivity index (χ0v) is 15.4. The van der Waals surface area contributed by atoms with Crippen LogP contribution in [0.2, 0.25) is 0 Å². The summed E-state index contributed by atoms with van der Waals surface area (Å²) in [5.41, 5.74) is 0.568. The zero-order chi connectivity index (χ0) is 17.5. The van der Waals surface area contributed by atoms with Crippen LogP contribution in [0.25, 0.3) is 0 Å². The minimum Gasteiger partial charge on any atom is -0.399 e. The van der Waals surface area contributed by atoms with Crippen molar-refractivity contribution in [1.29, 1.82) is 0 Å². The first kappa shape index (κ1) is 17.9. The topological polar surface area (TPSA) is 24.9 Å². The average molecular weight is 334 g/mol. The average Bonchev–Trinajstić information content (AvgIpc) is 2.70. The van der Waals surface area contributed by atoms with Crippen LogP contribution < -0.4 is 5.46 Å². The molecule has 24 heavy (non-hydrogen) atoms. The number of rotatable bonds is 3. The van der Waals surface area contributed by atoms with Crippen LogP contribution in [0.15, 0.2) is 18.2 Å². The van der Waals surface area contributed by atoms with Gasteiger partial charge in [-0.3, -0.25) is 4.90 Å². The molecular formula is C18H28BFN2O2. The fourth-order valence-electron chi connectivity index (χ4n) is 3.09. The van der Waals surface area contributed by atoms with E-state index in [9.17, 15) is 4.39 Å². The van der Waals surface area contributed by atoms with Crippen molar-refractivity contribution in [2.45, 2.75) is 45.4 Å². The number of hydrogen-bond acceptors (Lipinski definition) is 4. The Morgan fingerprint density at radius 3 is 2.17 bits per heavy atom. The Labute approximate surface area is 145 Å². The van der Waals surface area contributed by atoms with Crippen molar-refractivity contribution >= 4 is 12.6 Å². The molecule has 1 aromatic carbocycles. The summed E-state index contributed by atoms with van der Waals surface area (Å²) in [5, 5.41) is 0. The first-order chi connectivity index (χ1) is 11.2. The van der Waals surface area contributed by atoms with Crippen molar-refractivity contribution in [3.05, 3.63) is 29.6 Å². The molecule has 0 spiro atoms. The van der Waals surface area contributed by atoms with Crippen molar-refractivity contribution in [2.24, 2.45) is 0 Å². The second-order valence-corrected chi connectivity index (χ2v) is 8.02. The molecule has 0 radical (unpaired) electrons. The number of piperazine rings is 1. The summed E-state index contributed by atoms with van der Waals surface area (Å²) in [6.07, 6.45) is 0. The van der Waals surface area contributed by atoms with Gasteiger partial charge in [0.2, 0.25) is 0 Å². The molecule has 6 heteroatoms. The van der Waals surface area contributed by atoms with E-state index in [0.29, 0.717) is 5.46 Å². The van der Waals surface area contributed by atoms with Crippen LogP contribution in [0.3, 0.4) is 0 Å². The van der Waals surface area contributed by atoms with Crippen LogP contribution in [-0.2, 0) is 15.9 Å². The molecule has 2 heterocycles. The van der Waals surface area contributed by atoms with Crippen LogP contribution in [0.1, 0.15) is 33.3 Å². The molecule has 0 N–H and O–H groups in total. The van der Waals surface area contributed by atoms with Crippen LogP contribution >= 0.6 is 0 Å². The lowest BCUT2D eigenvalue weighted by atomic mass is 9.78. The Kier molecular flexibility index (Phi) is 4.77. The monoisotopic (exact) mass is 334 g/mol. The van der Waals surface area contributed by atoms with Crippen LogP contribution in [-0.4, -0.2) is 61.3 Å². The zero-order valence-electron chi connectivity index (χ0n) is 15.4. The molecule has 0 aliphatic carbocycles. The Morgan fingerprint density at radius 1 is 1.04 bits per heavy atom. The van der Waals surface area contributed by atoms with Gasteiger partial charge in [0.05, 0.1) is 11.2 Å². The van der Waals surface area contributed by atoms with Crippen LogP contribution in [0.5, 0.6) is 0 Å². The second kappa shape index (κ2) is 6.41. The molecular weight excluding hydrogens is 306 g/mol. The summed E-state index contributed by atoms with van der Waals surface area (Å²) in [6.45, 7) is 12.9. The molecule has 2 saturated heterocycles. The molecule has 0 amide bonds. The summed E-state index contributed by atoms with van der Waals surface area (Å²) < 4.78 is 26.5. The fraction of sp³-hybridized carbons (Fsp3) is 0.667. The summed E-state index contributed by atoms with van der Waals surface area (Å²) in [5.74, 6) is -0.250. The molecule has 4 nitrogen and oxygen atoms in total. The van der Waals surface area contributed by atoms with Gasteiger partial charge in [0, 0.05) is 38.2 Å². The molecule has 2 aliphatic heterocycles. The maximum absolute atomic E-state index is 14.6. The Bertz CT molecular complexity index is 585. The number of halogens is 1. The lowest BCUT2D eigenvalue weighted by Crippen LogP contribution is -2.44. The second-order valence-electron chi connectivity index (χ2n) is 8.02. The molecule has 2 aliphatic rings. The maximum atomic E-state index is 14.6. The highest BCUT2D eigenvalue weighted by Crippen LogP contribution is 2.36. The highest BCUT2D eigenvalue weighted by Gasteiger charge is 2.52. The molecule has 132 valence electrons. The first-order valence-corrected chi connectivity index (χ1v) is 8.73. The third-order valence-electron chi connectivity index (χ3n) is 5.57. The number of nitrogens with zero attached hydrogens (tertiary/aromatic N) is 2. The van der Waals surface area contributed by atoms with E-state index in [2.05, 4.69) is 16.8 Å². The molecule has 0 atom stereocenters. The molecule has 0 aromatic heterocycles. The number of likely N-dealkylation sites (N-methyl/N-ethyl adjacent to an activating group) is 1. The van der Waals surface area contributed by atoms with E-state index in [0.717, 1.165) is 38.3 Å². The van der Waals surface area contributed by atoms with Crippen molar-refractivity contribution in [1.82, 2.24) is 9.80 Å². The lowest BCUT2D eigenvalue weighted by Gasteiger charge is -2.32. The van der Waals surface area contributed by atoms with Gasteiger partial charge in [-0.15, -0.1) is 0 Å². The minimum atomic E-state index is -0.646. The third kappa shape index (κ3) is 3.52. The first-order valence-electron chi connectivity index (χ1n) is 8.73. The summed E-state index contributed by atoms with van der Waals surface area (Å²) in [6, 6.07) is 5.42. The van der Waals surface area contributed by atoms with Gasteiger partial charge in [0.25, 0.3) is 0 Å². The lowest BCUT2D eigenvalue weighted by molar-refractivity contribution is 0.00578. The van der Waals surface area contributed by atoms with E-state index in [1.165, 1.54) is 0 Å². The van der Waals surface area contributed by atoms with Crippen molar-refractivity contribution in [2.75, 3.05) is 33.2 Å². The van der Waals surface area contributed by atoms with E-state index < -0.39 is 18.3 Å². The quantitative estimate of drug-likeness (QED) is 0.788. The maximum Gasteiger partial charge on any atom is 0.497 e.